The van der Waals surface area contributed by atoms with Crippen molar-refractivity contribution < 1.29 is 9.72 Å². The molecule has 1 amide bonds. The minimum Gasteiger partial charge on any atom is -0.267 e. The van der Waals surface area contributed by atoms with Crippen molar-refractivity contribution in [2.45, 2.75) is 6.92 Å². The van der Waals surface area contributed by atoms with Gasteiger partial charge in [-0.15, -0.1) is 11.3 Å². The van der Waals surface area contributed by atoms with Gasteiger partial charge in [-0.05, 0) is 25.1 Å². The molecule has 8 heteroatoms. The molecule has 0 aliphatic carbocycles. The van der Waals surface area contributed by atoms with E-state index in [4.69, 9.17) is 11.6 Å². The van der Waals surface area contributed by atoms with Crippen molar-refractivity contribution in [3.05, 3.63) is 60.8 Å². The Kier molecular flexibility index (Phi) is 4.66. The number of thiophene rings is 1. The molecule has 0 atom stereocenters. The third-order valence-corrected chi connectivity index (χ3v) is 3.79. The molecule has 6 nitrogen and oxygen atoms in total. The van der Waals surface area contributed by atoms with Crippen LogP contribution in [0.4, 0.5) is 5.69 Å². The molecule has 1 N–H and O–H groups in total. The Hall–Kier alpha value is -2.25. The maximum atomic E-state index is 11.9. The van der Waals surface area contributed by atoms with Crippen LogP contribution in [-0.2, 0) is 0 Å². The highest BCUT2D eigenvalue weighted by Gasteiger charge is 2.14. The number of rotatable bonds is 4. The van der Waals surface area contributed by atoms with Crippen LogP contribution in [0.2, 0.25) is 4.34 Å². The first-order valence-electron chi connectivity index (χ1n) is 5.81. The highest BCUT2D eigenvalue weighted by molar-refractivity contribution is 7.17. The number of carbonyl (C=O) groups is 1. The summed E-state index contributed by atoms with van der Waals surface area (Å²) in [5.74, 6) is -0.517. The number of hydrogen-bond acceptors (Lipinski definition) is 5. The molecule has 1 heterocycles. The number of nitro benzene ring substituents is 1. The summed E-state index contributed by atoms with van der Waals surface area (Å²) in [6.07, 6.45) is 1.46. The summed E-state index contributed by atoms with van der Waals surface area (Å²) in [5, 5.41) is 14.6. The zero-order chi connectivity index (χ0) is 15.4. The number of hydrogen-bond donors (Lipinski definition) is 1. The van der Waals surface area contributed by atoms with E-state index in [2.05, 4.69) is 10.5 Å². The fourth-order valence-corrected chi connectivity index (χ4v) is 2.50. The van der Waals surface area contributed by atoms with E-state index in [9.17, 15) is 14.9 Å². The van der Waals surface area contributed by atoms with Crippen LogP contribution in [-0.4, -0.2) is 17.0 Å². The summed E-state index contributed by atoms with van der Waals surface area (Å²) >= 11 is 7.08. The SMILES string of the molecule is Cc1ccc(C(=O)N/N=C/c2ccc(Cl)s2)cc1[N+](=O)[O-]. The van der Waals surface area contributed by atoms with Gasteiger partial charge in [0, 0.05) is 22.1 Å². The second-order valence-electron chi connectivity index (χ2n) is 4.10. The number of amides is 1. The summed E-state index contributed by atoms with van der Waals surface area (Å²) in [5.41, 5.74) is 2.88. The van der Waals surface area contributed by atoms with E-state index >= 15 is 0 Å². The van der Waals surface area contributed by atoms with Crippen molar-refractivity contribution in [3.63, 3.8) is 0 Å². The van der Waals surface area contributed by atoms with Gasteiger partial charge in [-0.2, -0.15) is 5.10 Å². The number of benzene rings is 1. The van der Waals surface area contributed by atoms with Gasteiger partial charge in [-0.1, -0.05) is 17.7 Å². The number of nitrogens with zero attached hydrogens (tertiary/aromatic N) is 2. The molecule has 0 aliphatic rings. The quantitative estimate of drug-likeness (QED) is 0.531. The summed E-state index contributed by atoms with van der Waals surface area (Å²) in [7, 11) is 0. The van der Waals surface area contributed by atoms with Crippen molar-refractivity contribution >= 4 is 40.7 Å². The Morgan fingerprint density at radius 1 is 1.43 bits per heavy atom. The van der Waals surface area contributed by atoms with Crippen molar-refractivity contribution in [2.75, 3.05) is 0 Å². The van der Waals surface area contributed by atoms with Crippen LogP contribution < -0.4 is 5.43 Å². The van der Waals surface area contributed by atoms with E-state index in [1.54, 1.807) is 19.1 Å². The lowest BCUT2D eigenvalue weighted by molar-refractivity contribution is -0.385. The molecule has 0 radical (unpaired) electrons. The predicted octanol–water partition coefficient (Wildman–Crippen LogP) is 3.38. The molecule has 0 spiro atoms. The molecule has 0 fully saturated rings. The van der Waals surface area contributed by atoms with Gasteiger partial charge in [-0.25, -0.2) is 5.43 Å². The minimum atomic E-state index is -0.525. The lowest BCUT2D eigenvalue weighted by atomic mass is 10.1. The van der Waals surface area contributed by atoms with Crippen LogP contribution in [0, 0.1) is 17.0 Å². The van der Waals surface area contributed by atoms with Gasteiger partial charge < -0.3 is 0 Å². The lowest BCUT2D eigenvalue weighted by Gasteiger charge is -2.01. The summed E-state index contributed by atoms with van der Waals surface area (Å²) < 4.78 is 0.622. The summed E-state index contributed by atoms with van der Waals surface area (Å²) in [6, 6.07) is 7.74. The van der Waals surface area contributed by atoms with Crippen LogP contribution in [0.3, 0.4) is 0 Å². The van der Waals surface area contributed by atoms with E-state index in [0.29, 0.717) is 9.90 Å². The van der Waals surface area contributed by atoms with Gasteiger partial charge in [0.15, 0.2) is 0 Å². The predicted molar refractivity (Wildman–Crippen MR) is 82.2 cm³/mol. The molecule has 0 bridgehead atoms. The smallest absolute Gasteiger partial charge is 0.267 e. The van der Waals surface area contributed by atoms with Crippen LogP contribution in [0.1, 0.15) is 20.8 Å². The highest BCUT2D eigenvalue weighted by atomic mass is 35.5. The average molecular weight is 324 g/mol. The lowest BCUT2D eigenvalue weighted by Crippen LogP contribution is -2.17. The fourth-order valence-electron chi connectivity index (χ4n) is 1.56. The minimum absolute atomic E-state index is 0.100. The van der Waals surface area contributed by atoms with E-state index < -0.39 is 10.8 Å². The second-order valence-corrected chi connectivity index (χ2v) is 5.85. The molecule has 0 saturated carbocycles. The standard InChI is InChI=1S/C13H10ClN3O3S/c1-8-2-3-9(6-11(8)17(19)20)13(18)16-15-7-10-4-5-12(14)21-10/h2-7H,1H3,(H,16,18)/b15-7+. The van der Waals surface area contributed by atoms with Gasteiger partial charge in [0.2, 0.25) is 0 Å². The molecule has 2 aromatic rings. The van der Waals surface area contributed by atoms with Crippen LogP contribution in [0.15, 0.2) is 35.4 Å². The zero-order valence-electron chi connectivity index (χ0n) is 10.9. The average Bonchev–Trinajstić information content (AvgIpc) is 2.84. The Balaban J connectivity index is 2.08. The molecular weight excluding hydrogens is 314 g/mol. The Morgan fingerprint density at radius 2 is 2.19 bits per heavy atom. The Bertz CT molecular complexity index is 727. The van der Waals surface area contributed by atoms with Crippen LogP contribution in [0.25, 0.3) is 0 Å². The van der Waals surface area contributed by atoms with Crippen molar-refractivity contribution in [1.82, 2.24) is 5.43 Å². The summed E-state index contributed by atoms with van der Waals surface area (Å²) in [6.45, 7) is 1.61. The van der Waals surface area contributed by atoms with Gasteiger partial charge in [0.1, 0.15) is 0 Å². The molecule has 0 aliphatic heterocycles. The van der Waals surface area contributed by atoms with Gasteiger partial charge in [0.05, 0.1) is 15.5 Å². The van der Waals surface area contributed by atoms with Gasteiger partial charge in [-0.3, -0.25) is 14.9 Å². The first-order valence-corrected chi connectivity index (χ1v) is 7.00. The van der Waals surface area contributed by atoms with Crippen molar-refractivity contribution in [1.29, 1.82) is 0 Å². The maximum absolute atomic E-state index is 11.9. The van der Waals surface area contributed by atoms with E-state index in [0.717, 1.165) is 4.88 Å². The fraction of sp³-hybridized carbons (Fsp3) is 0.0769. The molecule has 21 heavy (non-hydrogen) atoms. The Morgan fingerprint density at radius 3 is 2.81 bits per heavy atom. The van der Waals surface area contributed by atoms with Crippen LogP contribution >= 0.6 is 22.9 Å². The first kappa shape index (κ1) is 15.1. The van der Waals surface area contributed by atoms with E-state index in [-0.39, 0.29) is 11.3 Å². The number of nitro groups is 1. The zero-order valence-corrected chi connectivity index (χ0v) is 12.4. The van der Waals surface area contributed by atoms with Gasteiger partial charge in [0.25, 0.3) is 11.6 Å². The topological polar surface area (TPSA) is 84.6 Å². The number of nitrogens with one attached hydrogen (secondary N) is 1. The molecule has 108 valence electrons. The molecule has 1 aromatic heterocycles. The third-order valence-electron chi connectivity index (χ3n) is 2.62. The maximum Gasteiger partial charge on any atom is 0.273 e. The molecule has 2 rings (SSSR count). The molecule has 0 unspecified atom stereocenters. The monoisotopic (exact) mass is 323 g/mol. The van der Waals surface area contributed by atoms with Gasteiger partial charge >= 0.3 is 0 Å². The Labute approximate surface area is 129 Å². The third kappa shape index (κ3) is 3.87. The highest BCUT2D eigenvalue weighted by Crippen LogP contribution is 2.20. The molecule has 0 saturated heterocycles. The van der Waals surface area contributed by atoms with Crippen LogP contribution in [0.5, 0.6) is 0 Å². The summed E-state index contributed by atoms with van der Waals surface area (Å²) in [4.78, 5) is 22.9. The van der Waals surface area contributed by atoms with Crippen molar-refractivity contribution in [2.24, 2.45) is 5.10 Å². The second kappa shape index (κ2) is 6.47. The molecular formula is C13H10ClN3O3S. The first-order chi connectivity index (χ1) is 9.97. The van der Waals surface area contributed by atoms with Crippen molar-refractivity contribution in [3.8, 4) is 0 Å². The normalized spacial score (nSPS) is 10.8. The number of halogens is 1. The van der Waals surface area contributed by atoms with E-state index in [1.165, 1.54) is 35.8 Å². The number of aryl methyl sites for hydroxylation is 1. The largest absolute Gasteiger partial charge is 0.273 e. The van der Waals surface area contributed by atoms with E-state index in [1.807, 2.05) is 0 Å². The number of hydrazone groups is 1. The molecule has 1 aromatic carbocycles. The number of carbonyl (C=O) groups excluding carboxylic acids is 1.